The van der Waals surface area contributed by atoms with E-state index in [0.717, 1.165) is 11.3 Å². The van der Waals surface area contributed by atoms with Crippen molar-refractivity contribution in [2.45, 2.75) is 63.6 Å². The molecular weight excluding hydrogens is 399 g/mol. The Morgan fingerprint density at radius 1 is 1.16 bits per heavy atom. The van der Waals surface area contributed by atoms with Gasteiger partial charge in [-0.3, -0.25) is 14.5 Å². The second kappa shape index (κ2) is 9.77. The van der Waals surface area contributed by atoms with Crippen LogP contribution in [0.25, 0.3) is 0 Å². The zero-order valence-corrected chi connectivity index (χ0v) is 17.8. The molecular formula is C23H31FN4O3. The molecule has 3 heterocycles. The minimum absolute atomic E-state index is 0.0185. The fourth-order valence-electron chi connectivity index (χ4n) is 5.16. The van der Waals surface area contributed by atoms with Crippen LogP contribution in [-0.4, -0.2) is 59.4 Å². The molecule has 0 aromatic heterocycles. The molecule has 3 unspecified atom stereocenters. The molecule has 168 valence electrons. The average molecular weight is 431 g/mol. The molecule has 1 aromatic carbocycles. The molecule has 3 atom stereocenters. The lowest BCUT2D eigenvalue weighted by atomic mass is 9.83. The van der Waals surface area contributed by atoms with Gasteiger partial charge in [0.1, 0.15) is 11.9 Å². The molecule has 3 fully saturated rings. The van der Waals surface area contributed by atoms with Crippen molar-refractivity contribution in [2.75, 3.05) is 19.6 Å². The number of nitrogens with one attached hydrogen (secondary N) is 2. The van der Waals surface area contributed by atoms with E-state index in [1.165, 1.54) is 50.9 Å². The summed E-state index contributed by atoms with van der Waals surface area (Å²) in [5, 5.41) is 5.69. The quantitative estimate of drug-likeness (QED) is 0.651. The van der Waals surface area contributed by atoms with E-state index >= 15 is 0 Å². The highest BCUT2D eigenvalue weighted by Gasteiger charge is 2.38. The first-order valence-electron chi connectivity index (χ1n) is 11.4. The molecule has 0 radical (unpaired) electrons. The molecule has 2 N–H and O–H groups in total. The number of benzene rings is 1. The van der Waals surface area contributed by atoms with Gasteiger partial charge in [0.25, 0.3) is 5.91 Å². The lowest BCUT2D eigenvalue weighted by Crippen LogP contribution is -2.51. The van der Waals surface area contributed by atoms with Gasteiger partial charge in [-0.2, -0.15) is 0 Å². The van der Waals surface area contributed by atoms with Crippen LogP contribution in [0.5, 0.6) is 0 Å². The Hall–Kier alpha value is -2.48. The number of urea groups is 1. The summed E-state index contributed by atoms with van der Waals surface area (Å²) in [6.07, 6.45) is 6.52. The van der Waals surface area contributed by atoms with Crippen molar-refractivity contribution in [3.8, 4) is 0 Å². The minimum Gasteiger partial charge on any atom is -0.356 e. The SMILES string of the molecule is O=C(CCC1NC(=O)N(Cc2cccc(F)c2)C1=O)NCC1CCCN2CCCCC12. The van der Waals surface area contributed by atoms with Crippen molar-refractivity contribution in [2.24, 2.45) is 5.92 Å². The summed E-state index contributed by atoms with van der Waals surface area (Å²) in [7, 11) is 0. The van der Waals surface area contributed by atoms with Crippen LogP contribution >= 0.6 is 0 Å². The molecule has 3 aliphatic heterocycles. The third-order valence-corrected chi connectivity index (χ3v) is 6.79. The van der Waals surface area contributed by atoms with Crippen molar-refractivity contribution in [3.63, 3.8) is 0 Å². The predicted molar refractivity (Wildman–Crippen MR) is 113 cm³/mol. The summed E-state index contributed by atoms with van der Waals surface area (Å²) in [6.45, 7) is 3.04. The number of imide groups is 1. The second-order valence-corrected chi connectivity index (χ2v) is 8.90. The molecule has 4 amide bonds. The van der Waals surface area contributed by atoms with Gasteiger partial charge >= 0.3 is 6.03 Å². The van der Waals surface area contributed by atoms with E-state index in [9.17, 15) is 18.8 Å². The van der Waals surface area contributed by atoms with Gasteiger partial charge < -0.3 is 15.5 Å². The largest absolute Gasteiger partial charge is 0.356 e. The maximum atomic E-state index is 13.4. The topological polar surface area (TPSA) is 81.8 Å². The zero-order valence-electron chi connectivity index (χ0n) is 17.8. The van der Waals surface area contributed by atoms with Crippen LogP contribution < -0.4 is 10.6 Å². The van der Waals surface area contributed by atoms with Crippen molar-refractivity contribution >= 4 is 17.8 Å². The maximum absolute atomic E-state index is 13.4. The first-order valence-corrected chi connectivity index (χ1v) is 11.4. The maximum Gasteiger partial charge on any atom is 0.325 e. The Morgan fingerprint density at radius 2 is 2.00 bits per heavy atom. The fraction of sp³-hybridized carbons (Fsp3) is 0.609. The molecule has 8 heteroatoms. The van der Waals surface area contributed by atoms with Crippen LogP contribution in [0.15, 0.2) is 24.3 Å². The zero-order chi connectivity index (χ0) is 21.8. The van der Waals surface area contributed by atoms with Crippen LogP contribution in [0.2, 0.25) is 0 Å². The number of fused-ring (bicyclic) bond motifs is 1. The number of piperidine rings is 2. The first kappa shape index (κ1) is 21.7. The smallest absolute Gasteiger partial charge is 0.325 e. The number of hydrogen-bond acceptors (Lipinski definition) is 4. The van der Waals surface area contributed by atoms with Crippen LogP contribution in [0.1, 0.15) is 50.5 Å². The number of amides is 4. The fourth-order valence-corrected chi connectivity index (χ4v) is 5.16. The predicted octanol–water partition coefficient (Wildman–Crippen LogP) is 2.41. The van der Waals surface area contributed by atoms with Crippen LogP contribution in [-0.2, 0) is 16.1 Å². The van der Waals surface area contributed by atoms with Gasteiger partial charge in [0.05, 0.1) is 6.54 Å². The van der Waals surface area contributed by atoms with E-state index in [2.05, 4.69) is 15.5 Å². The van der Waals surface area contributed by atoms with E-state index in [1.807, 2.05) is 0 Å². The van der Waals surface area contributed by atoms with Crippen LogP contribution in [0, 0.1) is 11.7 Å². The van der Waals surface area contributed by atoms with Gasteiger partial charge in [-0.1, -0.05) is 18.6 Å². The van der Waals surface area contributed by atoms with Crippen molar-refractivity contribution in [1.29, 1.82) is 0 Å². The Kier molecular flexibility index (Phi) is 6.85. The number of halogens is 1. The molecule has 4 rings (SSSR count). The van der Waals surface area contributed by atoms with Gasteiger partial charge in [0.2, 0.25) is 5.91 Å². The first-order chi connectivity index (χ1) is 15.0. The van der Waals surface area contributed by atoms with Crippen LogP contribution in [0.4, 0.5) is 9.18 Å². The summed E-state index contributed by atoms with van der Waals surface area (Å²) >= 11 is 0. The van der Waals surface area contributed by atoms with E-state index < -0.39 is 17.9 Å². The number of nitrogens with zero attached hydrogens (tertiary/aromatic N) is 2. The molecule has 7 nitrogen and oxygen atoms in total. The van der Waals surface area contributed by atoms with Gasteiger partial charge in [-0.15, -0.1) is 0 Å². The standard InChI is InChI=1S/C23H31FN4O3/c24-18-7-3-5-16(13-18)15-28-22(30)19(26-23(28)31)9-10-21(29)25-14-17-6-4-12-27-11-2-1-8-20(17)27/h3,5,7,13,17,19-20H,1-2,4,6,8-12,14-15H2,(H,25,29)(H,26,31). The van der Waals surface area contributed by atoms with Gasteiger partial charge in [-0.25, -0.2) is 9.18 Å². The van der Waals surface area contributed by atoms with Crippen molar-refractivity contribution in [1.82, 2.24) is 20.4 Å². The van der Waals surface area contributed by atoms with Crippen molar-refractivity contribution < 1.29 is 18.8 Å². The number of hydrogen-bond donors (Lipinski definition) is 2. The van der Waals surface area contributed by atoms with E-state index in [-0.39, 0.29) is 31.2 Å². The second-order valence-electron chi connectivity index (χ2n) is 8.90. The summed E-state index contributed by atoms with van der Waals surface area (Å²) < 4.78 is 13.4. The molecule has 31 heavy (non-hydrogen) atoms. The van der Waals surface area contributed by atoms with E-state index in [1.54, 1.807) is 12.1 Å². The Morgan fingerprint density at radius 3 is 2.84 bits per heavy atom. The van der Waals surface area contributed by atoms with Crippen LogP contribution in [0.3, 0.4) is 0 Å². The molecule has 0 spiro atoms. The Balaban J connectivity index is 1.23. The molecule has 1 aromatic rings. The third kappa shape index (κ3) is 5.23. The highest BCUT2D eigenvalue weighted by molar-refractivity contribution is 6.04. The average Bonchev–Trinajstić information content (AvgIpc) is 3.04. The van der Waals surface area contributed by atoms with E-state index in [0.29, 0.717) is 24.1 Å². The molecule has 0 bridgehead atoms. The Labute approximate surface area is 182 Å². The van der Waals surface area contributed by atoms with Crippen molar-refractivity contribution in [3.05, 3.63) is 35.6 Å². The summed E-state index contributed by atoms with van der Waals surface area (Å²) in [5.74, 6) is -0.370. The molecule has 3 saturated heterocycles. The highest BCUT2D eigenvalue weighted by atomic mass is 19.1. The number of rotatable bonds is 7. The normalized spacial score (nSPS) is 26.5. The van der Waals surface area contributed by atoms with Gasteiger partial charge in [-0.05, 0) is 68.8 Å². The Bertz CT molecular complexity index is 831. The lowest BCUT2D eigenvalue weighted by molar-refractivity contribution is -0.128. The third-order valence-electron chi connectivity index (χ3n) is 6.79. The molecule has 3 aliphatic rings. The van der Waals surface area contributed by atoms with Gasteiger partial charge in [0, 0.05) is 19.0 Å². The lowest BCUT2D eigenvalue weighted by Gasteiger charge is -2.44. The van der Waals surface area contributed by atoms with E-state index in [4.69, 9.17) is 0 Å². The highest BCUT2D eigenvalue weighted by Crippen LogP contribution is 2.30. The number of carbonyl (C=O) groups is 3. The summed E-state index contributed by atoms with van der Waals surface area (Å²) in [4.78, 5) is 40.8. The van der Waals surface area contributed by atoms with Gasteiger partial charge in [0.15, 0.2) is 0 Å². The molecule has 0 saturated carbocycles. The monoisotopic (exact) mass is 430 g/mol. The summed E-state index contributed by atoms with van der Waals surface area (Å²) in [5.41, 5.74) is 0.547. The minimum atomic E-state index is -0.713. The molecule has 0 aliphatic carbocycles. The summed E-state index contributed by atoms with van der Waals surface area (Å²) in [6, 6.07) is 5.20. The number of carbonyl (C=O) groups excluding carboxylic acids is 3.